The highest BCUT2D eigenvalue weighted by atomic mass is 16.5. The van der Waals surface area contributed by atoms with Gasteiger partial charge in [-0.05, 0) is 18.5 Å². The lowest BCUT2D eigenvalue weighted by Gasteiger charge is -2.17. The van der Waals surface area contributed by atoms with Crippen molar-refractivity contribution in [2.45, 2.75) is 26.1 Å². The van der Waals surface area contributed by atoms with Gasteiger partial charge in [0.25, 0.3) is 0 Å². The first kappa shape index (κ1) is 14.2. The van der Waals surface area contributed by atoms with Crippen LogP contribution < -0.4 is 5.32 Å². The van der Waals surface area contributed by atoms with E-state index in [4.69, 9.17) is 9.47 Å². The van der Waals surface area contributed by atoms with Crippen LogP contribution in [0.5, 0.6) is 0 Å². The third kappa shape index (κ3) is 6.41. The van der Waals surface area contributed by atoms with Gasteiger partial charge >= 0.3 is 0 Å². The second kappa shape index (κ2) is 9.16. The molecule has 0 fully saturated rings. The van der Waals surface area contributed by atoms with Gasteiger partial charge in [-0.1, -0.05) is 37.3 Å². The van der Waals surface area contributed by atoms with E-state index >= 15 is 0 Å². The summed E-state index contributed by atoms with van der Waals surface area (Å²) in [5.41, 5.74) is 1.20. The summed E-state index contributed by atoms with van der Waals surface area (Å²) >= 11 is 0. The van der Waals surface area contributed by atoms with Crippen molar-refractivity contribution in [3.8, 4) is 0 Å². The fourth-order valence-electron chi connectivity index (χ4n) is 1.58. The maximum absolute atomic E-state index is 5.83. The molecule has 0 aromatic heterocycles. The molecule has 0 aliphatic rings. The van der Waals surface area contributed by atoms with Crippen LogP contribution in [0.4, 0.5) is 0 Å². The number of hydrogen-bond donors (Lipinski definition) is 1. The lowest BCUT2D eigenvalue weighted by Crippen LogP contribution is -2.33. The number of hydrogen-bond acceptors (Lipinski definition) is 3. The van der Waals surface area contributed by atoms with Crippen molar-refractivity contribution in [1.82, 2.24) is 5.32 Å². The largest absolute Gasteiger partial charge is 0.382 e. The summed E-state index contributed by atoms with van der Waals surface area (Å²) in [6.45, 7) is 5.29. The number of methoxy groups -OCH3 is 1. The molecule has 1 N–H and O–H groups in total. The predicted octanol–water partition coefficient (Wildman–Crippen LogP) is 2.22. The highest BCUT2D eigenvalue weighted by molar-refractivity contribution is 5.13. The summed E-state index contributed by atoms with van der Waals surface area (Å²) in [5, 5.41) is 3.35. The summed E-state index contributed by atoms with van der Waals surface area (Å²) in [4.78, 5) is 0. The van der Waals surface area contributed by atoms with Gasteiger partial charge in [-0.15, -0.1) is 0 Å². The second-order valence-corrected chi connectivity index (χ2v) is 4.08. The lowest BCUT2D eigenvalue weighted by atomic mass is 10.2. The Balaban J connectivity index is 2.28. The normalized spacial score (nSPS) is 12.6. The Bertz CT molecular complexity index is 277. The molecule has 0 heterocycles. The van der Waals surface area contributed by atoms with E-state index in [2.05, 4.69) is 24.4 Å². The molecule has 0 bridgehead atoms. The van der Waals surface area contributed by atoms with E-state index < -0.39 is 0 Å². The molecule has 96 valence electrons. The number of ether oxygens (including phenoxy) is 2. The Labute approximate surface area is 104 Å². The SMILES string of the molecule is CCCNCC(COC)OCc1ccccc1. The Hall–Kier alpha value is -0.900. The van der Waals surface area contributed by atoms with Crippen LogP contribution in [-0.2, 0) is 16.1 Å². The van der Waals surface area contributed by atoms with Crippen LogP contribution in [0.2, 0.25) is 0 Å². The first-order chi connectivity index (χ1) is 8.36. The van der Waals surface area contributed by atoms with E-state index in [9.17, 15) is 0 Å². The van der Waals surface area contributed by atoms with Crippen LogP contribution in [-0.4, -0.2) is 32.9 Å². The third-order valence-electron chi connectivity index (χ3n) is 2.48. The maximum Gasteiger partial charge on any atom is 0.0936 e. The van der Waals surface area contributed by atoms with Gasteiger partial charge in [0.05, 0.1) is 19.3 Å². The van der Waals surface area contributed by atoms with Gasteiger partial charge in [-0.25, -0.2) is 0 Å². The van der Waals surface area contributed by atoms with Crippen LogP contribution in [0.15, 0.2) is 30.3 Å². The quantitative estimate of drug-likeness (QED) is 0.668. The van der Waals surface area contributed by atoms with E-state index in [1.807, 2.05) is 18.2 Å². The molecular formula is C14H23NO2. The summed E-state index contributed by atoms with van der Waals surface area (Å²) in [6.07, 6.45) is 1.25. The molecule has 3 nitrogen and oxygen atoms in total. The van der Waals surface area contributed by atoms with Crippen molar-refractivity contribution in [2.75, 3.05) is 26.8 Å². The Morgan fingerprint density at radius 1 is 1.24 bits per heavy atom. The van der Waals surface area contributed by atoms with E-state index in [-0.39, 0.29) is 6.10 Å². The van der Waals surface area contributed by atoms with Crippen LogP contribution in [0, 0.1) is 0 Å². The molecule has 17 heavy (non-hydrogen) atoms. The Kier molecular flexibility index (Phi) is 7.63. The third-order valence-corrected chi connectivity index (χ3v) is 2.48. The first-order valence-corrected chi connectivity index (χ1v) is 6.22. The van der Waals surface area contributed by atoms with E-state index in [0.29, 0.717) is 13.2 Å². The average Bonchev–Trinajstić information content (AvgIpc) is 2.37. The zero-order valence-corrected chi connectivity index (χ0v) is 10.8. The van der Waals surface area contributed by atoms with E-state index in [1.165, 1.54) is 5.56 Å². The van der Waals surface area contributed by atoms with Gasteiger partial charge in [0.1, 0.15) is 0 Å². The molecule has 1 rings (SSSR count). The summed E-state index contributed by atoms with van der Waals surface area (Å²) < 4.78 is 11.0. The minimum atomic E-state index is 0.117. The highest BCUT2D eigenvalue weighted by Gasteiger charge is 2.08. The molecule has 0 aliphatic carbocycles. The van der Waals surface area contributed by atoms with Crippen molar-refractivity contribution in [1.29, 1.82) is 0 Å². The van der Waals surface area contributed by atoms with Crippen LogP contribution in [0.3, 0.4) is 0 Å². The second-order valence-electron chi connectivity index (χ2n) is 4.08. The Morgan fingerprint density at radius 2 is 2.00 bits per heavy atom. The summed E-state index contributed by atoms with van der Waals surface area (Å²) in [6, 6.07) is 10.2. The van der Waals surface area contributed by atoms with Crippen molar-refractivity contribution in [3.05, 3.63) is 35.9 Å². The molecular weight excluding hydrogens is 214 g/mol. The van der Waals surface area contributed by atoms with Crippen LogP contribution in [0.1, 0.15) is 18.9 Å². The molecule has 0 amide bonds. The highest BCUT2D eigenvalue weighted by Crippen LogP contribution is 2.03. The molecule has 1 unspecified atom stereocenters. The van der Waals surface area contributed by atoms with Crippen molar-refractivity contribution in [2.24, 2.45) is 0 Å². The molecule has 1 aromatic rings. The first-order valence-electron chi connectivity index (χ1n) is 6.22. The smallest absolute Gasteiger partial charge is 0.0936 e. The number of benzene rings is 1. The van der Waals surface area contributed by atoms with Crippen molar-refractivity contribution in [3.63, 3.8) is 0 Å². The van der Waals surface area contributed by atoms with Crippen LogP contribution >= 0.6 is 0 Å². The molecule has 0 radical (unpaired) electrons. The van der Waals surface area contributed by atoms with E-state index in [1.54, 1.807) is 7.11 Å². The topological polar surface area (TPSA) is 30.5 Å². The standard InChI is InChI=1S/C14H23NO2/c1-3-9-15-10-14(12-16-2)17-11-13-7-5-4-6-8-13/h4-8,14-15H,3,9-12H2,1-2H3. The molecule has 3 heteroatoms. The molecule has 1 atom stereocenters. The van der Waals surface area contributed by atoms with Gasteiger partial charge in [-0.2, -0.15) is 0 Å². The minimum Gasteiger partial charge on any atom is -0.382 e. The number of rotatable bonds is 9. The van der Waals surface area contributed by atoms with Crippen LogP contribution in [0.25, 0.3) is 0 Å². The summed E-state index contributed by atoms with van der Waals surface area (Å²) in [5.74, 6) is 0. The molecule has 0 saturated carbocycles. The predicted molar refractivity (Wildman–Crippen MR) is 70.1 cm³/mol. The minimum absolute atomic E-state index is 0.117. The van der Waals surface area contributed by atoms with Gasteiger partial charge in [0.2, 0.25) is 0 Å². The van der Waals surface area contributed by atoms with Crippen molar-refractivity contribution >= 4 is 0 Å². The van der Waals surface area contributed by atoms with Gasteiger partial charge in [0.15, 0.2) is 0 Å². The zero-order chi connectivity index (χ0) is 12.3. The maximum atomic E-state index is 5.83. The van der Waals surface area contributed by atoms with Crippen molar-refractivity contribution < 1.29 is 9.47 Å². The molecule has 0 spiro atoms. The van der Waals surface area contributed by atoms with Gasteiger partial charge < -0.3 is 14.8 Å². The average molecular weight is 237 g/mol. The van der Waals surface area contributed by atoms with Gasteiger partial charge in [-0.3, -0.25) is 0 Å². The molecule has 0 aliphatic heterocycles. The summed E-state index contributed by atoms with van der Waals surface area (Å²) in [7, 11) is 1.71. The zero-order valence-electron chi connectivity index (χ0n) is 10.8. The van der Waals surface area contributed by atoms with E-state index in [0.717, 1.165) is 19.5 Å². The Morgan fingerprint density at radius 3 is 2.65 bits per heavy atom. The molecule has 1 aromatic carbocycles. The fraction of sp³-hybridized carbons (Fsp3) is 0.571. The lowest BCUT2D eigenvalue weighted by molar-refractivity contribution is -0.0100. The molecule has 0 saturated heterocycles. The van der Waals surface area contributed by atoms with Gasteiger partial charge in [0, 0.05) is 13.7 Å². The fourth-order valence-corrected chi connectivity index (χ4v) is 1.58. The number of nitrogens with one attached hydrogen (secondary N) is 1. The monoisotopic (exact) mass is 237 g/mol.